The molecule has 1 N–H and O–H groups in total. The van der Waals surface area contributed by atoms with Crippen LogP contribution in [0.5, 0.6) is 0 Å². The van der Waals surface area contributed by atoms with Crippen LogP contribution in [-0.2, 0) is 0 Å². The number of furan rings is 1. The highest BCUT2D eigenvalue weighted by molar-refractivity contribution is 5.92. The first-order valence-corrected chi connectivity index (χ1v) is 9.48. The third-order valence-corrected chi connectivity index (χ3v) is 4.91. The Morgan fingerprint density at radius 3 is 2.89 bits per heavy atom. The van der Waals surface area contributed by atoms with E-state index < -0.39 is 0 Å². The van der Waals surface area contributed by atoms with Crippen LogP contribution >= 0.6 is 0 Å². The van der Waals surface area contributed by atoms with Crippen molar-refractivity contribution in [2.24, 2.45) is 0 Å². The molecule has 0 aliphatic carbocycles. The van der Waals surface area contributed by atoms with Crippen LogP contribution in [0.3, 0.4) is 0 Å². The van der Waals surface area contributed by atoms with E-state index in [1.807, 2.05) is 47.5 Å². The van der Waals surface area contributed by atoms with Gasteiger partial charge in [-0.1, -0.05) is 25.1 Å². The van der Waals surface area contributed by atoms with Crippen molar-refractivity contribution in [3.8, 4) is 17.0 Å². The minimum atomic E-state index is -0.0350. The highest BCUT2D eigenvalue weighted by atomic mass is 16.4. The number of nitrogens with one attached hydrogen (secondary N) is 1. The fourth-order valence-corrected chi connectivity index (χ4v) is 3.52. The lowest BCUT2D eigenvalue weighted by Crippen LogP contribution is -2.41. The maximum absolute atomic E-state index is 13.0. The molecule has 0 saturated carbocycles. The van der Waals surface area contributed by atoms with Crippen LogP contribution in [0.2, 0.25) is 0 Å². The Morgan fingerprint density at radius 2 is 2.15 bits per heavy atom. The molecule has 3 aromatic rings. The highest BCUT2D eigenvalue weighted by Crippen LogP contribution is 2.24. The van der Waals surface area contributed by atoms with Gasteiger partial charge in [0.2, 0.25) is 0 Å². The fourth-order valence-electron chi connectivity index (χ4n) is 3.52. The summed E-state index contributed by atoms with van der Waals surface area (Å²) in [4.78, 5) is 14.9. The molecule has 1 fully saturated rings. The maximum atomic E-state index is 13.0. The second-order valence-corrected chi connectivity index (χ2v) is 6.82. The quantitative estimate of drug-likeness (QED) is 0.729. The SMILES string of the molecule is CCCN(C(=O)c1ccc(-c2cnn(-c3ccccc3)c2)o1)[C@H]1CCNC1. The van der Waals surface area contributed by atoms with Gasteiger partial charge in [-0.15, -0.1) is 0 Å². The lowest BCUT2D eigenvalue weighted by atomic mass is 10.2. The van der Waals surface area contributed by atoms with Gasteiger partial charge in [0.05, 0.1) is 17.4 Å². The van der Waals surface area contributed by atoms with Crippen molar-refractivity contribution in [1.82, 2.24) is 20.0 Å². The average molecular weight is 364 g/mol. The molecule has 2 aromatic heterocycles. The molecule has 1 aliphatic rings. The molecule has 1 aliphatic heterocycles. The maximum Gasteiger partial charge on any atom is 0.289 e. The normalized spacial score (nSPS) is 16.6. The van der Waals surface area contributed by atoms with E-state index in [1.165, 1.54) is 0 Å². The molecule has 27 heavy (non-hydrogen) atoms. The van der Waals surface area contributed by atoms with E-state index in [1.54, 1.807) is 16.9 Å². The number of nitrogens with zero attached hydrogens (tertiary/aromatic N) is 3. The van der Waals surface area contributed by atoms with E-state index in [0.717, 1.165) is 43.7 Å². The fraction of sp³-hybridized carbons (Fsp3) is 0.333. The molecule has 140 valence electrons. The highest BCUT2D eigenvalue weighted by Gasteiger charge is 2.28. The number of rotatable bonds is 6. The molecule has 1 aromatic carbocycles. The Bertz CT molecular complexity index is 894. The van der Waals surface area contributed by atoms with E-state index in [4.69, 9.17) is 4.42 Å². The molecule has 4 rings (SSSR count). The van der Waals surface area contributed by atoms with Gasteiger partial charge < -0.3 is 14.6 Å². The smallest absolute Gasteiger partial charge is 0.289 e. The number of amides is 1. The number of aromatic nitrogens is 2. The summed E-state index contributed by atoms with van der Waals surface area (Å²) in [5.41, 5.74) is 1.83. The first-order chi connectivity index (χ1) is 13.3. The van der Waals surface area contributed by atoms with Crippen LogP contribution in [0, 0.1) is 0 Å². The number of carbonyl (C=O) groups is 1. The van der Waals surface area contributed by atoms with E-state index in [0.29, 0.717) is 11.5 Å². The van der Waals surface area contributed by atoms with E-state index >= 15 is 0 Å². The van der Waals surface area contributed by atoms with Crippen molar-refractivity contribution >= 4 is 5.91 Å². The Labute approximate surface area is 158 Å². The third-order valence-electron chi connectivity index (χ3n) is 4.91. The van der Waals surface area contributed by atoms with Crippen molar-refractivity contribution in [2.75, 3.05) is 19.6 Å². The van der Waals surface area contributed by atoms with Gasteiger partial charge >= 0.3 is 0 Å². The number of benzene rings is 1. The van der Waals surface area contributed by atoms with Crippen LogP contribution < -0.4 is 5.32 Å². The van der Waals surface area contributed by atoms with Gasteiger partial charge in [0.25, 0.3) is 5.91 Å². The first kappa shape index (κ1) is 17.5. The molecule has 0 unspecified atom stereocenters. The summed E-state index contributed by atoms with van der Waals surface area (Å²) in [5.74, 6) is 1.01. The molecular weight excluding hydrogens is 340 g/mol. The largest absolute Gasteiger partial charge is 0.451 e. The van der Waals surface area contributed by atoms with Crippen LogP contribution in [0.4, 0.5) is 0 Å². The van der Waals surface area contributed by atoms with Gasteiger partial charge in [-0.25, -0.2) is 4.68 Å². The summed E-state index contributed by atoms with van der Waals surface area (Å²) in [6, 6.07) is 13.8. The minimum absolute atomic E-state index is 0.0350. The molecule has 1 atom stereocenters. The molecular formula is C21H24N4O2. The van der Waals surface area contributed by atoms with Crippen molar-refractivity contribution < 1.29 is 9.21 Å². The molecule has 6 heteroatoms. The summed E-state index contributed by atoms with van der Waals surface area (Å²) in [6.07, 6.45) is 5.58. The van der Waals surface area contributed by atoms with Gasteiger partial charge in [0.15, 0.2) is 5.76 Å². The number of para-hydroxylation sites is 1. The van der Waals surface area contributed by atoms with Crippen LogP contribution in [-0.4, -0.2) is 46.3 Å². The Kier molecular flexibility index (Phi) is 5.07. The second-order valence-electron chi connectivity index (χ2n) is 6.82. The lowest BCUT2D eigenvalue weighted by Gasteiger charge is -2.27. The average Bonchev–Trinajstić information content (AvgIpc) is 3.47. The zero-order valence-corrected chi connectivity index (χ0v) is 15.5. The first-order valence-electron chi connectivity index (χ1n) is 9.48. The topological polar surface area (TPSA) is 63.3 Å². The van der Waals surface area contributed by atoms with Gasteiger partial charge in [-0.3, -0.25) is 4.79 Å². The number of hydrogen-bond acceptors (Lipinski definition) is 4. The molecule has 0 spiro atoms. The van der Waals surface area contributed by atoms with Crippen molar-refractivity contribution in [3.63, 3.8) is 0 Å². The third kappa shape index (κ3) is 3.66. The monoisotopic (exact) mass is 364 g/mol. The molecule has 1 amide bonds. The van der Waals surface area contributed by atoms with Gasteiger partial charge in [0.1, 0.15) is 5.76 Å². The van der Waals surface area contributed by atoms with E-state index in [-0.39, 0.29) is 11.9 Å². The zero-order chi connectivity index (χ0) is 18.6. The van der Waals surface area contributed by atoms with E-state index in [9.17, 15) is 4.79 Å². The van der Waals surface area contributed by atoms with Crippen LogP contribution in [0.25, 0.3) is 17.0 Å². The van der Waals surface area contributed by atoms with Gasteiger partial charge in [0, 0.05) is 25.3 Å². The van der Waals surface area contributed by atoms with Crippen molar-refractivity contribution in [3.05, 3.63) is 60.6 Å². The van der Waals surface area contributed by atoms with Gasteiger partial charge in [-0.2, -0.15) is 5.10 Å². The molecule has 1 saturated heterocycles. The molecule has 0 radical (unpaired) electrons. The summed E-state index contributed by atoms with van der Waals surface area (Å²) in [5, 5.41) is 7.73. The predicted octanol–water partition coefficient (Wildman–Crippen LogP) is 3.35. The molecule has 3 heterocycles. The standard InChI is InChI=1S/C21H24N4O2/c1-2-12-24(18-10-11-22-14-18)21(26)20-9-8-19(27-20)16-13-23-25(15-16)17-6-4-3-5-7-17/h3-9,13,15,18,22H,2,10-12,14H2,1H3/t18-/m0/s1. The molecule has 6 nitrogen and oxygen atoms in total. The molecule has 0 bridgehead atoms. The van der Waals surface area contributed by atoms with Crippen LogP contribution in [0.15, 0.2) is 59.3 Å². The van der Waals surface area contributed by atoms with Gasteiger partial charge in [-0.05, 0) is 43.7 Å². The Morgan fingerprint density at radius 1 is 1.30 bits per heavy atom. The summed E-state index contributed by atoms with van der Waals surface area (Å²) in [7, 11) is 0. The lowest BCUT2D eigenvalue weighted by molar-refractivity contribution is 0.0660. The number of carbonyl (C=O) groups excluding carboxylic acids is 1. The summed E-state index contributed by atoms with van der Waals surface area (Å²) in [6.45, 7) is 4.64. The van der Waals surface area contributed by atoms with Crippen LogP contribution in [0.1, 0.15) is 30.3 Å². The zero-order valence-electron chi connectivity index (χ0n) is 15.5. The summed E-state index contributed by atoms with van der Waals surface area (Å²) < 4.78 is 7.70. The second kappa shape index (κ2) is 7.80. The van der Waals surface area contributed by atoms with Crippen molar-refractivity contribution in [2.45, 2.75) is 25.8 Å². The minimum Gasteiger partial charge on any atom is -0.451 e. The van der Waals surface area contributed by atoms with Crippen molar-refractivity contribution in [1.29, 1.82) is 0 Å². The Balaban J connectivity index is 1.54. The summed E-state index contributed by atoms with van der Waals surface area (Å²) >= 11 is 0. The Hall–Kier alpha value is -2.86. The predicted molar refractivity (Wildman–Crippen MR) is 104 cm³/mol. The van der Waals surface area contributed by atoms with E-state index in [2.05, 4.69) is 17.3 Å². The number of hydrogen-bond donors (Lipinski definition) is 1.